The van der Waals surface area contributed by atoms with Crippen molar-refractivity contribution >= 4 is 0 Å². The summed E-state index contributed by atoms with van der Waals surface area (Å²) < 4.78 is 25.4. The lowest BCUT2D eigenvalue weighted by molar-refractivity contribution is -0.525. The first-order valence-corrected chi connectivity index (χ1v) is 4.50. The van der Waals surface area contributed by atoms with Gasteiger partial charge in [0, 0.05) is 11.3 Å². The first-order valence-electron chi connectivity index (χ1n) is 4.50. The minimum atomic E-state index is -1.22. The minimum Gasteiger partial charge on any atom is -0.310 e. The molecule has 1 aromatic carbocycles. The van der Waals surface area contributed by atoms with Crippen LogP contribution in [0.1, 0.15) is 5.56 Å². The largest absolute Gasteiger partial charge is 0.310 e. The van der Waals surface area contributed by atoms with E-state index in [1.54, 1.807) is 0 Å². The van der Waals surface area contributed by atoms with Crippen LogP contribution in [0.25, 0.3) is 0 Å². The summed E-state index contributed by atoms with van der Waals surface area (Å²) in [6, 6.07) is 1.85. The van der Waals surface area contributed by atoms with E-state index < -0.39 is 28.8 Å². The van der Waals surface area contributed by atoms with E-state index in [4.69, 9.17) is 11.5 Å². The van der Waals surface area contributed by atoms with Gasteiger partial charge >= 0.3 is 0 Å². The number of nitro groups is 1. The van der Waals surface area contributed by atoms with Crippen molar-refractivity contribution in [1.29, 1.82) is 0 Å². The number of halogens is 2. The van der Waals surface area contributed by atoms with Gasteiger partial charge in [-0.25, -0.2) is 8.78 Å². The van der Waals surface area contributed by atoms with Crippen LogP contribution in [-0.2, 0) is 6.42 Å². The monoisotopic (exact) mass is 231 g/mol. The third-order valence-electron chi connectivity index (χ3n) is 2.14. The summed E-state index contributed by atoms with van der Waals surface area (Å²) in [7, 11) is 0. The fourth-order valence-electron chi connectivity index (χ4n) is 1.26. The predicted molar refractivity (Wildman–Crippen MR) is 53.0 cm³/mol. The van der Waals surface area contributed by atoms with Gasteiger partial charge in [0.15, 0.2) is 11.6 Å². The molecule has 7 heteroatoms. The highest BCUT2D eigenvalue weighted by molar-refractivity contribution is 5.18. The third-order valence-corrected chi connectivity index (χ3v) is 2.14. The van der Waals surface area contributed by atoms with Crippen molar-refractivity contribution in [3.63, 3.8) is 0 Å². The Morgan fingerprint density at radius 1 is 1.31 bits per heavy atom. The van der Waals surface area contributed by atoms with Gasteiger partial charge in [-0.2, -0.15) is 0 Å². The molecule has 1 rings (SSSR count). The Kier molecular flexibility index (Phi) is 3.86. The maximum Gasteiger partial charge on any atom is 0.244 e. The molecule has 0 saturated heterocycles. The summed E-state index contributed by atoms with van der Waals surface area (Å²) in [5, 5.41) is 10.6. The standard InChI is InChI=1S/C9H11F2N3O2/c10-6-2-1-5(3-7(6)11)4-8(9(12)13)14(15)16/h1-3,8-9H,4,12-13H2. The van der Waals surface area contributed by atoms with Crippen LogP contribution < -0.4 is 11.5 Å². The van der Waals surface area contributed by atoms with Crippen LogP contribution in [0.2, 0.25) is 0 Å². The normalized spacial score (nSPS) is 12.8. The SMILES string of the molecule is NC(N)C(Cc1ccc(F)c(F)c1)[N+](=O)[O-]. The van der Waals surface area contributed by atoms with Crippen molar-refractivity contribution < 1.29 is 13.7 Å². The topological polar surface area (TPSA) is 95.2 Å². The van der Waals surface area contributed by atoms with Crippen LogP contribution >= 0.6 is 0 Å². The lowest BCUT2D eigenvalue weighted by atomic mass is 10.0. The smallest absolute Gasteiger partial charge is 0.244 e. The molecule has 0 aliphatic carbocycles. The zero-order chi connectivity index (χ0) is 12.3. The lowest BCUT2D eigenvalue weighted by Gasteiger charge is -2.12. The molecule has 0 aliphatic rings. The summed E-state index contributed by atoms with van der Waals surface area (Å²) >= 11 is 0. The number of hydrogen-bond acceptors (Lipinski definition) is 4. The van der Waals surface area contributed by atoms with E-state index >= 15 is 0 Å². The van der Waals surface area contributed by atoms with Crippen molar-refractivity contribution in [2.75, 3.05) is 0 Å². The third kappa shape index (κ3) is 2.94. The molecule has 16 heavy (non-hydrogen) atoms. The van der Waals surface area contributed by atoms with Crippen LogP contribution in [0.5, 0.6) is 0 Å². The fraction of sp³-hybridized carbons (Fsp3) is 0.333. The Labute approximate surface area is 90.2 Å². The van der Waals surface area contributed by atoms with E-state index in [1.807, 2.05) is 0 Å². The molecule has 0 aromatic heterocycles. The molecule has 88 valence electrons. The number of nitrogens with two attached hydrogens (primary N) is 2. The van der Waals surface area contributed by atoms with Crippen molar-refractivity contribution in [1.82, 2.24) is 0 Å². The number of benzene rings is 1. The predicted octanol–water partition coefficient (Wildman–Crippen LogP) is 0.396. The van der Waals surface area contributed by atoms with Gasteiger partial charge in [0.1, 0.15) is 6.17 Å². The Hall–Kier alpha value is -1.60. The zero-order valence-electron chi connectivity index (χ0n) is 8.27. The Balaban J connectivity index is 2.86. The van der Waals surface area contributed by atoms with Gasteiger partial charge in [0.2, 0.25) is 6.04 Å². The van der Waals surface area contributed by atoms with E-state index in [1.165, 1.54) is 6.07 Å². The average molecular weight is 231 g/mol. The van der Waals surface area contributed by atoms with Crippen LogP contribution in [0.15, 0.2) is 18.2 Å². The molecule has 5 nitrogen and oxygen atoms in total. The molecule has 0 amide bonds. The van der Waals surface area contributed by atoms with Gasteiger partial charge in [0.25, 0.3) is 0 Å². The quantitative estimate of drug-likeness (QED) is 0.445. The highest BCUT2D eigenvalue weighted by Gasteiger charge is 2.26. The lowest BCUT2D eigenvalue weighted by Crippen LogP contribution is -2.48. The first-order chi connectivity index (χ1) is 7.41. The van der Waals surface area contributed by atoms with E-state index in [0.717, 1.165) is 12.1 Å². The second-order valence-corrected chi connectivity index (χ2v) is 3.38. The summed E-state index contributed by atoms with van der Waals surface area (Å²) in [6.45, 7) is 0. The maximum atomic E-state index is 12.8. The van der Waals surface area contributed by atoms with E-state index in [0.29, 0.717) is 0 Å². The summed E-state index contributed by atoms with van der Waals surface area (Å²) in [6.07, 6.45) is -1.29. The Morgan fingerprint density at radius 3 is 2.38 bits per heavy atom. The molecule has 1 atom stereocenters. The van der Waals surface area contributed by atoms with E-state index in [-0.39, 0.29) is 12.0 Å². The van der Waals surface area contributed by atoms with Crippen molar-refractivity contribution in [3.8, 4) is 0 Å². The molecule has 0 heterocycles. The molecule has 0 fully saturated rings. The highest BCUT2D eigenvalue weighted by Crippen LogP contribution is 2.11. The van der Waals surface area contributed by atoms with Crippen molar-refractivity contribution in [2.24, 2.45) is 11.5 Å². The van der Waals surface area contributed by atoms with Gasteiger partial charge in [-0.05, 0) is 17.7 Å². The molecule has 0 saturated carbocycles. The molecule has 0 spiro atoms. The minimum absolute atomic E-state index is 0.137. The molecular weight excluding hydrogens is 220 g/mol. The average Bonchev–Trinajstić information content (AvgIpc) is 2.18. The Bertz CT molecular complexity index is 398. The summed E-state index contributed by atoms with van der Waals surface area (Å²) in [5.41, 5.74) is 10.7. The number of hydrogen-bond donors (Lipinski definition) is 2. The molecule has 0 aliphatic heterocycles. The molecular formula is C9H11F2N3O2. The van der Waals surface area contributed by atoms with Crippen molar-refractivity contribution in [2.45, 2.75) is 18.6 Å². The molecule has 0 radical (unpaired) electrons. The van der Waals surface area contributed by atoms with Crippen LogP contribution in [0.4, 0.5) is 8.78 Å². The first kappa shape index (κ1) is 12.5. The molecule has 1 aromatic rings. The van der Waals surface area contributed by atoms with Gasteiger partial charge in [-0.1, -0.05) is 6.07 Å². The van der Waals surface area contributed by atoms with Crippen LogP contribution in [0, 0.1) is 21.7 Å². The Morgan fingerprint density at radius 2 is 1.94 bits per heavy atom. The maximum absolute atomic E-state index is 12.8. The van der Waals surface area contributed by atoms with E-state index in [2.05, 4.69) is 0 Å². The van der Waals surface area contributed by atoms with Gasteiger partial charge in [-0.3, -0.25) is 10.1 Å². The van der Waals surface area contributed by atoms with Gasteiger partial charge < -0.3 is 11.5 Å². The van der Waals surface area contributed by atoms with Crippen molar-refractivity contribution in [3.05, 3.63) is 45.5 Å². The van der Waals surface area contributed by atoms with Crippen LogP contribution in [0.3, 0.4) is 0 Å². The van der Waals surface area contributed by atoms with Gasteiger partial charge in [0.05, 0.1) is 0 Å². The molecule has 4 N–H and O–H groups in total. The second-order valence-electron chi connectivity index (χ2n) is 3.38. The fourth-order valence-corrected chi connectivity index (χ4v) is 1.26. The second kappa shape index (κ2) is 4.95. The highest BCUT2D eigenvalue weighted by atomic mass is 19.2. The zero-order valence-corrected chi connectivity index (χ0v) is 8.27. The molecule has 1 unspecified atom stereocenters. The summed E-state index contributed by atoms with van der Waals surface area (Å²) in [4.78, 5) is 9.94. The number of nitrogens with zero attached hydrogens (tertiary/aromatic N) is 1. The van der Waals surface area contributed by atoms with Gasteiger partial charge in [-0.15, -0.1) is 0 Å². The molecule has 0 bridgehead atoms. The van der Waals surface area contributed by atoms with Crippen LogP contribution in [-0.4, -0.2) is 17.1 Å². The van der Waals surface area contributed by atoms with E-state index in [9.17, 15) is 18.9 Å². The summed E-state index contributed by atoms with van der Waals surface area (Å²) in [5.74, 6) is -2.05. The number of rotatable bonds is 4.